The van der Waals surface area contributed by atoms with Crippen molar-refractivity contribution in [2.75, 3.05) is 0 Å². The molecule has 108 valence electrons. The van der Waals surface area contributed by atoms with Gasteiger partial charge in [-0.2, -0.15) is 0 Å². The molecule has 1 aliphatic carbocycles. The van der Waals surface area contributed by atoms with Crippen LogP contribution in [0.5, 0.6) is 0 Å². The predicted molar refractivity (Wildman–Crippen MR) is 93.6 cm³/mol. The van der Waals surface area contributed by atoms with Crippen molar-refractivity contribution >= 4 is 16.3 Å². The maximum atomic E-state index is 4.84. The van der Waals surface area contributed by atoms with Gasteiger partial charge in [-0.15, -0.1) is 0 Å². The summed E-state index contributed by atoms with van der Waals surface area (Å²) in [5, 5.41) is 2.51. The molecule has 0 radical (unpaired) electrons. The van der Waals surface area contributed by atoms with Crippen LogP contribution >= 0.6 is 0 Å². The third-order valence-electron chi connectivity index (χ3n) is 4.46. The summed E-state index contributed by atoms with van der Waals surface area (Å²) >= 11 is 0. The Kier molecular flexibility index (Phi) is 3.48. The third-order valence-corrected chi connectivity index (χ3v) is 4.46. The van der Waals surface area contributed by atoms with Gasteiger partial charge < -0.3 is 0 Å². The van der Waals surface area contributed by atoms with Gasteiger partial charge in [0.05, 0.1) is 5.69 Å². The number of hydrogen-bond donors (Lipinski definition) is 0. The van der Waals surface area contributed by atoms with Gasteiger partial charge in [0.2, 0.25) is 0 Å². The van der Waals surface area contributed by atoms with Gasteiger partial charge in [0.1, 0.15) is 0 Å². The maximum Gasteiger partial charge on any atom is 0.0743 e. The minimum absolute atomic E-state index is 1.14. The van der Waals surface area contributed by atoms with Crippen LogP contribution < -0.4 is 0 Å². The monoisotopic (exact) mass is 285 g/mol. The summed E-state index contributed by atoms with van der Waals surface area (Å²) in [7, 11) is 0. The number of rotatable bonds is 2. The first-order chi connectivity index (χ1) is 10.9. The Bertz CT molecular complexity index is 831. The first-order valence-corrected chi connectivity index (χ1v) is 8.06. The quantitative estimate of drug-likeness (QED) is 0.574. The summed E-state index contributed by atoms with van der Waals surface area (Å²) in [6.45, 7) is 0. The second-order valence-electron chi connectivity index (χ2n) is 5.91. The minimum atomic E-state index is 1.14. The lowest BCUT2D eigenvalue weighted by Gasteiger charge is -2.17. The Morgan fingerprint density at radius 2 is 1.64 bits per heavy atom. The Balaban J connectivity index is 2.02. The van der Waals surface area contributed by atoms with E-state index in [2.05, 4.69) is 60.7 Å². The second kappa shape index (κ2) is 5.76. The lowest BCUT2D eigenvalue weighted by atomic mass is 9.89. The number of hydrogen-bond acceptors (Lipinski definition) is 1. The van der Waals surface area contributed by atoms with E-state index < -0.39 is 0 Å². The van der Waals surface area contributed by atoms with Crippen molar-refractivity contribution < 1.29 is 0 Å². The Hall–Kier alpha value is -2.41. The van der Waals surface area contributed by atoms with Gasteiger partial charge in [-0.1, -0.05) is 60.7 Å². The number of fused-ring (bicyclic) bond motifs is 1. The molecule has 1 nitrogen and oxygen atoms in total. The predicted octanol–water partition coefficient (Wildman–Crippen LogP) is 5.86. The molecule has 0 atom stereocenters. The van der Waals surface area contributed by atoms with Crippen molar-refractivity contribution in [3.05, 3.63) is 72.6 Å². The molecule has 22 heavy (non-hydrogen) atoms. The number of allylic oxidation sites excluding steroid dienone is 2. The van der Waals surface area contributed by atoms with E-state index in [1.807, 2.05) is 6.20 Å². The molecule has 0 fully saturated rings. The zero-order valence-corrected chi connectivity index (χ0v) is 12.6. The van der Waals surface area contributed by atoms with Crippen molar-refractivity contribution in [1.29, 1.82) is 0 Å². The van der Waals surface area contributed by atoms with Crippen molar-refractivity contribution in [2.24, 2.45) is 0 Å². The fraction of sp³-hybridized carbons (Fsp3) is 0.190. The molecule has 3 aromatic rings. The van der Waals surface area contributed by atoms with E-state index in [9.17, 15) is 0 Å². The lowest BCUT2D eigenvalue weighted by molar-refractivity contribution is 0.740. The van der Waals surface area contributed by atoms with Crippen LogP contribution in [0.3, 0.4) is 0 Å². The molecule has 0 saturated carbocycles. The first kappa shape index (κ1) is 13.3. The van der Waals surface area contributed by atoms with Crippen molar-refractivity contribution in [3.8, 4) is 11.1 Å². The van der Waals surface area contributed by atoms with Crippen molar-refractivity contribution in [1.82, 2.24) is 4.98 Å². The van der Waals surface area contributed by atoms with Crippen LogP contribution in [0.25, 0.3) is 27.5 Å². The molecule has 1 heteroatoms. The first-order valence-electron chi connectivity index (χ1n) is 8.06. The molecule has 0 aliphatic heterocycles. The number of nitrogens with zero attached hydrogens (tertiary/aromatic N) is 1. The average molecular weight is 285 g/mol. The molecule has 0 unspecified atom stereocenters. The van der Waals surface area contributed by atoms with Crippen LogP contribution in [0.2, 0.25) is 0 Å². The fourth-order valence-corrected chi connectivity index (χ4v) is 3.36. The van der Waals surface area contributed by atoms with Crippen LogP contribution in [0.1, 0.15) is 31.4 Å². The summed E-state index contributed by atoms with van der Waals surface area (Å²) < 4.78 is 0. The van der Waals surface area contributed by atoms with Gasteiger partial charge >= 0.3 is 0 Å². The SMILES string of the molecule is C1=C(c2ncc3ccccc3c2-c2ccccc2)CCCC1. The van der Waals surface area contributed by atoms with Gasteiger partial charge in [0.15, 0.2) is 0 Å². The highest BCUT2D eigenvalue weighted by Gasteiger charge is 2.16. The highest BCUT2D eigenvalue weighted by Crippen LogP contribution is 2.37. The smallest absolute Gasteiger partial charge is 0.0743 e. The van der Waals surface area contributed by atoms with E-state index in [1.54, 1.807) is 0 Å². The molecule has 0 spiro atoms. The molecule has 1 aromatic heterocycles. The van der Waals surface area contributed by atoms with E-state index in [4.69, 9.17) is 4.98 Å². The Labute approximate surface area is 131 Å². The topological polar surface area (TPSA) is 12.9 Å². The minimum Gasteiger partial charge on any atom is -0.255 e. The van der Waals surface area contributed by atoms with Gasteiger partial charge in [0.25, 0.3) is 0 Å². The number of benzene rings is 2. The summed E-state index contributed by atoms with van der Waals surface area (Å²) in [5.74, 6) is 0. The average Bonchev–Trinajstić information content (AvgIpc) is 2.62. The summed E-state index contributed by atoms with van der Waals surface area (Å²) in [6.07, 6.45) is 9.30. The van der Waals surface area contributed by atoms with Crippen molar-refractivity contribution in [2.45, 2.75) is 25.7 Å². The Morgan fingerprint density at radius 1 is 0.818 bits per heavy atom. The van der Waals surface area contributed by atoms with Gasteiger partial charge in [-0.05, 0) is 42.2 Å². The normalized spacial score (nSPS) is 14.8. The maximum absolute atomic E-state index is 4.84. The van der Waals surface area contributed by atoms with Crippen LogP contribution in [0.15, 0.2) is 66.9 Å². The molecule has 0 saturated heterocycles. The van der Waals surface area contributed by atoms with Crippen LogP contribution in [-0.2, 0) is 0 Å². The van der Waals surface area contributed by atoms with E-state index in [0.717, 1.165) is 6.42 Å². The van der Waals surface area contributed by atoms with E-state index in [1.165, 1.54) is 52.4 Å². The van der Waals surface area contributed by atoms with Gasteiger partial charge in [-0.3, -0.25) is 4.98 Å². The zero-order chi connectivity index (χ0) is 14.8. The zero-order valence-electron chi connectivity index (χ0n) is 12.6. The summed E-state index contributed by atoms with van der Waals surface area (Å²) in [4.78, 5) is 4.84. The molecule has 2 aromatic carbocycles. The Morgan fingerprint density at radius 3 is 2.45 bits per heavy atom. The molecular formula is C21H19N. The van der Waals surface area contributed by atoms with Crippen LogP contribution in [-0.4, -0.2) is 4.98 Å². The molecule has 0 bridgehead atoms. The highest BCUT2D eigenvalue weighted by molar-refractivity contribution is 6.00. The van der Waals surface area contributed by atoms with Gasteiger partial charge in [0, 0.05) is 17.1 Å². The van der Waals surface area contributed by atoms with Gasteiger partial charge in [-0.25, -0.2) is 0 Å². The van der Waals surface area contributed by atoms with E-state index >= 15 is 0 Å². The largest absolute Gasteiger partial charge is 0.255 e. The van der Waals surface area contributed by atoms with E-state index in [0.29, 0.717) is 0 Å². The van der Waals surface area contributed by atoms with Crippen molar-refractivity contribution in [3.63, 3.8) is 0 Å². The molecule has 1 heterocycles. The van der Waals surface area contributed by atoms with Crippen LogP contribution in [0, 0.1) is 0 Å². The molecule has 1 aliphatic rings. The molecular weight excluding hydrogens is 266 g/mol. The number of pyridine rings is 1. The number of aromatic nitrogens is 1. The molecule has 0 amide bonds. The summed E-state index contributed by atoms with van der Waals surface area (Å²) in [5.41, 5.74) is 5.13. The summed E-state index contributed by atoms with van der Waals surface area (Å²) in [6, 6.07) is 19.2. The van der Waals surface area contributed by atoms with Crippen LogP contribution in [0.4, 0.5) is 0 Å². The highest BCUT2D eigenvalue weighted by atomic mass is 14.7. The molecule has 0 N–H and O–H groups in total. The standard InChI is InChI=1S/C21H19N/c1-3-9-16(10-4-1)20-19-14-8-7-13-18(19)15-22-21(20)17-11-5-2-6-12-17/h1,3-4,7-11,13-15H,2,5-6,12H2. The lowest BCUT2D eigenvalue weighted by Crippen LogP contribution is -1.98. The third kappa shape index (κ3) is 2.33. The molecule has 4 rings (SSSR count). The fourth-order valence-electron chi connectivity index (χ4n) is 3.36. The second-order valence-corrected chi connectivity index (χ2v) is 5.91. The van der Waals surface area contributed by atoms with E-state index in [-0.39, 0.29) is 0 Å².